The SMILES string of the molecule is CCCCOC(=O)c1ccc(NS(=O)(=O)c2ccc(C(C)C)cc2)cc1. The Balaban J connectivity index is 2.06. The molecular weight excluding hydrogens is 350 g/mol. The number of ether oxygens (including phenoxy) is 1. The minimum atomic E-state index is -3.67. The van der Waals surface area contributed by atoms with Gasteiger partial charge in [-0.2, -0.15) is 0 Å². The minimum absolute atomic E-state index is 0.199. The molecule has 26 heavy (non-hydrogen) atoms. The number of benzene rings is 2. The van der Waals surface area contributed by atoms with Gasteiger partial charge in [0.15, 0.2) is 0 Å². The van der Waals surface area contributed by atoms with Gasteiger partial charge in [0.05, 0.1) is 17.1 Å². The minimum Gasteiger partial charge on any atom is -0.462 e. The zero-order valence-electron chi connectivity index (χ0n) is 15.4. The molecule has 1 N–H and O–H groups in total. The lowest BCUT2D eigenvalue weighted by Gasteiger charge is -2.10. The van der Waals surface area contributed by atoms with Gasteiger partial charge in [0, 0.05) is 5.69 Å². The molecule has 2 aromatic carbocycles. The van der Waals surface area contributed by atoms with Gasteiger partial charge in [0.25, 0.3) is 10.0 Å². The largest absolute Gasteiger partial charge is 0.462 e. The van der Waals surface area contributed by atoms with Crippen molar-refractivity contribution in [2.45, 2.75) is 44.4 Å². The Hall–Kier alpha value is -2.34. The number of anilines is 1. The Kier molecular flexibility index (Phi) is 6.80. The first-order valence-corrected chi connectivity index (χ1v) is 10.2. The van der Waals surface area contributed by atoms with Crippen molar-refractivity contribution < 1.29 is 17.9 Å². The van der Waals surface area contributed by atoms with E-state index in [4.69, 9.17) is 4.74 Å². The third kappa shape index (κ3) is 5.33. The maximum Gasteiger partial charge on any atom is 0.338 e. The summed E-state index contributed by atoms with van der Waals surface area (Å²) in [5, 5.41) is 0. The summed E-state index contributed by atoms with van der Waals surface area (Å²) < 4.78 is 32.6. The van der Waals surface area contributed by atoms with Crippen molar-refractivity contribution in [2.24, 2.45) is 0 Å². The number of rotatable bonds is 8. The van der Waals surface area contributed by atoms with Crippen molar-refractivity contribution in [1.82, 2.24) is 0 Å². The molecule has 0 atom stereocenters. The lowest BCUT2D eigenvalue weighted by molar-refractivity contribution is 0.0500. The topological polar surface area (TPSA) is 72.5 Å². The lowest BCUT2D eigenvalue weighted by Crippen LogP contribution is -2.13. The van der Waals surface area contributed by atoms with E-state index in [9.17, 15) is 13.2 Å². The van der Waals surface area contributed by atoms with E-state index < -0.39 is 16.0 Å². The Morgan fingerprint density at radius 2 is 1.65 bits per heavy atom. The normalized spacial score (nSPS) is 11.4. The van der Waals surface area contributed by atoms with Gasteiger partial charge >= 0.3 is 5.97 Å². The average Bonchev–Trinajstić information content (AvgIpc) is 2.62. The highest BCUT2D eigenvalue weighted by Crippen LogP contribution is 2.20. The second kappa shape index (κ2) is 8.85. The molecule has 0 aliphatic heterocycles. The van der Waals surface area contributed by atoms with E-state index in [1.54, 1.807) is 36.4 Å². The van der Waals surface area contributed by atoms with E-state index in [1.807, 2.05) is 19.1 Å². The van der Waals surface area contributed by atoms with Crippen LogP contribution in [-0.2, 0) is 14.8 Å². The lowest BCUT2D eigenvalue weighted by atomic mass is 10.0. The number of carbonyl (C=O) groups is 1. The Morgan fingerprint density at radius 1 is 1.04 bits per heavy atom. The molecule has 2 aromatic rings. The molecule has 2 rings (SSSR count). The quantitative estimate of drug-likeness (QED) is 0.542. The third-order valence-electron chi connectivity index (χ3n) is 3.96. The van der Waals surface area contributed by atoms with E-state index in [2.05, 4.69) is 18.6 Å². The van der Waals surface area contributed by atoms with Gasteiger partial charge in [-0.05, 0) is 54.3 Å². The maximum absolute atomic E-state index is 12.5. The van der Waals surface area contributed by atoms with Gasteiger partial charge in [-0.1, -0.05) is 39.3 Å². The van der Waals surface area contributed by atoms with Gasteiger partial charge in [-0.25, -0.2) is 13.2 Å². The molecule has 0 aliphatic rings. The van der Waals surface area contributed by atoms with Gasteiger partial charge in [0.2, 0.25) is 0 Å². The summed E-state index contributed by atoms with van der Waals surface area (Å²) in [5.74, 6) is -0.0681. The monoisotopic (exact) mass is 375 g/mol. The first-order valence-electron chi connectivity index (χ1n) is 8.73. The number of carbonyl (C=O) groups excluding carboxylic acids is 1. The molecule has 0 spiro atoms. The van der Waals surface area contributed by atoms with Crippen LogP contribution in [0.4, 0.5) is 5.69 Å². The van der Waals surface area contributed by atoms with Crippen LogP contribution in [0.2, 0.25) is 0 Å². The highest BCUT2D eigenvalue weighted by molar-refractivity contribution is 7.92. The number of hydrogen-bond acceptors (Lipinski definition) is 4. The van der Waals surface area contributed by atoms with E-state index in [-0.39, 0.29) is 4.90 Å². The summed E-state index contributed by atoms with van der Waals surface area (Å²) in [6.07, 6.45) is 1.77. The van der Waals surface area contributed by atoms with Gasteiger partial charge in [-0.15, -0.1) is 0 Å². The van der Waals surface area contributed by atoms with Gasteiger partial charge < -0.3 is 4.74 Å². The predicted octanol–water partition coefficient (Wildman–Crippen LogP) is 4.57. The Labute approximate surface area is 155 Å². The molecule has 0 saturated heterocycles. The molecule has 0 fully saturated rings. The number of nitrogens with one attached hydrogen (secondary N) is 1. The first kappa shape index (κ1) is 20.0. The third-order valence-corrected chi connectivity index (χ3v) is 5.36. The number of unbranched alkanes of at least 4 members (excludes halogenated alkanes) is 1. The van der Waals surface area contributed by atoms with Crippen molar-refractivity contribution in [3.8, 4) is 0 Å². The summed E-state index contributed by atoms with van der Waals surface area (Å²) in [5.41, 5.74) is 1.86. The molecule has 0 bridgehead atoms. The number of hydrogen-bond donors (Lipinski definition) is 1. The molecular formula is C20H25NO4S. The van der Waals surface area contributed by atoms with Gasteiger partial charge in [-0.3, -0.25) is 4.72 Å². The molecule has 0 heterocycles. The van der Waals surface area contributed by atoms with Crippen LogP contribution in [0.25, 0.3) is 0 Å². The summed E-state index contributed by atoms with van der Waals surface area (Å²) in [6, 6.07) is 13.0. The molecule has 140 valence electrons. The molecule has 0 unspecified atom stereocenters. The zero-order chi connectivity index (χ0) is 19.2. The van der Waals surface area contributed by atoms with E-state index in [1.165, 1.54) is 0 Å². The molecule has 0 aliphatic carbocycles. The van der Waals surface area contributed by atoms with Crippen LogP contribution >= 0.6 is 0 Å². The van der Waals surface area contributed by atoms with Crippen molar-refractivity contribution in [1.29, 1.82) is 0 Å². The Morgan fingerprint density at radius 3 is 2.19 bits per heavy atom. The molecule has 0 amide bonds. The van der Waals surface area contributed by atoms with Crippen molar-refractivity contribution in [2.75, 3.05) is 11.3 Å². The van der Waals surface area contributed by atoms with Crippen LogP contribution in [0.3, 0.4) is 0 Å². The van der Waals surface area contributed by atoms with Crippen LogP contribution < -0.4 is 4.72 Å². The summed E-state index contributed by atoms with van der Waals surface area (Å²) >= 11 is 0. The highest BCUT2D eigenvalue weighted by atomic mass is 32.2. The van der Waals surface area contributed by atoms with Crippen LogP contribution in [0, 0.1) is 0 Å². The predicted molar refractivity (Wildman–Crippen MR) is 103 cm³/mol. The average molecular weight is 375 g/mol. The number of sulfonamides is 1. The van der Waals surface area contributed by atoms with E-state index >= 15 is 0 Å². The molecule has 0 saturated carbocycles. The van der Waals surface area contributed by atoms with Crippen LogP contribution in [-0.4, -0.2) is 21.0 Å². The second-order valence-electron chi connectivity index (χ2n) is 6.40. The fourth-order valence-electron chi connectivity index (χ4n) is 2.31. The van der Waals surface area contributed by atoms with Crippen molar-refractivity contribution in [3.05, 3.63) is 59.7 Å². The van der Waals surface area contributed by atoms with Gasteiger partial charge in [0.1, 0.15) is 0 Å². The summed E-state index contributed by atoms with van der Waals surface area (Å²) in [6.45, 7) is 6.51. The standard InChI is InChI=1S/C20H25NO4S/c1-4-5-14-25-20(22)17-6-10-18(11-7-17)21-26(23,24)19-12-8-16(9-13-19)15(2)3/h6-13,15,21H,4-5,14H2,1-3H3. The maximum atomic E-state index is 12.5. The van der Waals surface area contributed by atoms with E-state index in [0.717, 1.165) is 18.4 Å². The zero-order valence-corrected chi connectivity index (χ0v) is 16.2. The van der Waals surface area contributed by atoms with Crippen LogP contribution in [0.1, 0.15) is 55.5 Å². The smallest absolute Gasteiger partial charge is 0.338 e. The second-order valence-corrected chi connectivity index (χ2v) is 8.08. The molecule has 6 heteroatoms. The number of esters is 1. The first-order chi connectivity index (χ1) is 12.3. The fourth-order valence-corrected chi connectivity index (χ4v) is 3.37. The highest BCUT2D eigenvalue weighted by Gasteiger charge is 2.15. The van der Waals surface area contributed by atoms with Crippen LogP contribution in [0.15, 0.2) is 53.4 Å². The van der Waals surface area contributed by atoms with Crippen LogP contribution in [0.5, 0.6) is 0 Å². The summed E-state index contributed by atoms with van der Waals surface area (Å²) in [4.78, 5) is 12.1. The summed E-state index contributed by atoms with van der Waals surface area (Å²) in [7, 11) is -3.67. The molecule has 5 nitrogen and oxygen atoms in total. The Bertz CT molecular complexity index is 825. The molecule has 0 aromatic heterocycles. The fraction of sp³-hybridized carbons (Fsp3) is 0.350. The van der Waals surface area contributed by atoms with Crippen molar-refractivity contribution in [3.63, 3.8) is 0 Å². The molecule has 0 radical (unpaired) electrons. The van der Waals surface area contributed by atoms with Crippen molar-refractivity contribution >= 4 is 21.7 Å². The van der Waals surface area contributed by atoms with E-state index in [0.29, 0.717) is 23.8 Å².